The summed E-state index contributed by atoms with van der Waals surface area (Å²) in [6.45, 7) is 0. The van der Waals surface area contributed by atoms with Crippen LogP contribution in [-0.4, -0.2) is 7.11 Å². The Morgan fingerprint density at radius 3 is 2.60 bits per heavy atom. The molecule has 0 bridgehead atoms. The average Bonchev–Trinajstić information content (AvgIpc) is 2.42. The monoisotopic (exact) mass is 373 g/mol. The van der Waals surface area contributed by atoms with Crippen LogP contribution < -0.4 is 10.5 Å². The number of hydrogen-bond donors (Lipinski definition) is 1. The van der Waals surface area contributed by atoms with E-state index < -0.39 is 0 Å². The van der Waals surface area contributed by atoms with Crippen molar-refractivity contribution in [2.75, 3.05) is 7.11 Å². The molecule has 1 unspecified atom stereocenters. The Balaban J connectivity index is 2.24. The first-order chi connectivity index (χ1) is 9.51. The van der Waals surface area contributed by atoms with Gasteiger partial charge in [0.25, 0.3) is 0 Å². The molecule has 0 aromatic heterocycles. The van der Waals surface area contributed by atoms with Crippen molar-refractivity contribution >= 4 is 39.1 Å². The van der Waals surface area contributed by atoms with Gasteiger partial charge in [0.2, 0.25) is 0 Å². The maximum Gasteiger partial charge on any atom is 0.122 e. The average molecular weight is 375 g/mol. The SMILES string of the molecule is COc1ccc(Cl)cc1CC(N)c1ccc(Cl)c(Br)c1. The van der Waals surface area contributed by atoms with Gasteiger partial charge in [-0.2, -0.15) is 0 Å². The third-order valence-electron chi connectivity index (χ3n) is 3.05. The highest BCUT2D eigenvalue weighted by Gasteiger charge is 2.12. The second-order valence-corrected chi connectivity index (χ2v) is 6.14. The minimum absolute atomic E-state index is 0.157. The summed E-state index contributed by atoms with van der Waals surface area (Å²) < 4.78 is 6.17. The molecule has 0 radical (unpaired) electrons. The summed E-state index contributed by atoms with van der Waals surface area (Å²) >= 11 is 15.4. The van der Waals surface area contributed by atoms with E-state index in [1.54, 1.807) is 13.2 Å². The van der Waals surface area contributed by atoms with Gasteiger partial charge in [0.15, 0.2) is 0 Å². The fraction of sp³-hybridized carbons (Fsp3) is 0.200. The summed E-state index contributed by atoms with van der Waals surface area (Å²) in [5.74, 6) is 0.790. The lowest BCUT2D eigenvalue weighted by atomic mass is 9.99. The zero-order valence-corrected chi connectivity index (χ0v) is 14.0. The summed E-state index contributed by atoms with van der Waals surface area (Å²) in [6, 6.07) is 11.1. The highest BCUT2D eigenvalue weighted by Crippen LogP contribution is 2.29. The molecule has 0 aliphatic carbocycles. The Kier molecular flexibility index (Phi) is 5.33. The van der Waals surface area contributed by atoms with Gasteiger partial charge in [-0.15, -0.1) is 0 Å². The van der Waals surface area contributed by atoms with Crippen LogP contribution in [0.25, 0.3) is 0 Å². The van der Waals surface area contributed by atoms with Gasteiger partial charge < -0.3 is 10.5 Å². The van der Waals surface area contributed by atoms with Gasteiger partial charge in [-0.1, -0.05) is 29.3 Å². The molecule has 2 N–H and O–H groups in total. The largest absolute Gasteiger partial charge is 0.496 e. The lowest BCUT2D eigenvalue weighted by molar-refractivity contribution is 0.408. The van der Waals surface area contributed by atoms with Gasteiger partial charge in [-0.05, 0) is 63.8 Å². The lowest BCUT2D eigenvalue weighted by Gasteiger charge is -2.15. The number of rotatable bonds is 4. The Bertz CT molecular complexity index is 619. The molecule has 0 fully saturated rings. The molecule has 0 aliphatic heterocycles. The second-order valence-electron chi connectivity index (χ2n) is 4.44. The van der Waals surface area contributed by atoms with Crippen LogP contribution in [0.15, 0.2) is 40.9 Å². The summed E-state index contributed by atoms with van der Waals surface area (Å²) in [7, 11) is 1.64. The van der Waals surface area contributed by atoms with Crippen LogP contribution in [0.2, 0.25) is 10.0 Å². The van der Waals surface area contributed by atoms with Crippen molar-refractivity contribution in [3.63, 3.8) is 0 Å². The summed E-state index contributed by atoms with van der Waals surface area (Å²) in [4.78, 5) is 0. The van der Waals surface area contributed by atoms with Gasteiger partial charge in [0.05, 0.1) is 12.1 Å². The number of methoxy groups -OCH3 is 1. The smallest absolute Gasteiger partial charge is 0.122 e. The van der Waals surface area contributed by atoms with E-state index in [0.717, 1.165) is 21.3 Å². The summed E-state index contributed by atoms with van der Waals surface area (Å²) in [6.07, 6.45) is 0.637. The Morgan fingerprint density at radius 1 is 1.20 bits per heavy atom. The molecule has 0 aliphatic rings. The minimum Gasteiger partial charge on any atom is -0.496 e. The minimum atomic E-state index is -0.157. The molecular weight excluding hydrogens is 361 g/mol. The van der Waals surface area contributed by atoms with Crippen LogP contribution in [0, 0.1) is 0 Å². The van der Waals surface area contributed by atoms with Gasteiger partial charge in [0, 0.05) is 15.5 Å². The number of hydrogen-bond acceptors (Lipinski definition) is 2. The maximum absolute atomic E-state index is 6.26. The zero-order valence-electron chi connectivity index (χ0n) is 10.9. The van der Waals surface area contributed by atoms with Gasteiger partial charge in [0.1, 0.15) is 5.75 Å². The molecule has 106 valence electrons. The number of halogens is 3. The molecule has 2 rings (SSSR count). The molecule has 0 amide bonds. The molecular formula is C15H14BrCl2NO. The van der Waals surface area contributed by atoms with E-state index in [9.17, 15) is 0 Å². The van der Waals surface area contributed by atoms with Crippen LogP contribution in [0.3, 0.4) is 0 Å². The normalized spacial score (nSPS) is 12.2. The first-order valence-corrected chi connectivity index (χ1v) is 7.59. The first kappa shape index (κ1) is 15.6. The van der Waals surface area contributed by atoms with Crippen molar-refractivity contribution in [1.29, 1.82) is 0 Å². The molecule has 0 heterocycles. The lowest BCUT2D eigenvalue weighted by Crippen LogP contribution is -2.14. The quantitative estimate of drug-likeness (QED) is 0.816. The number of ether oxygens (including phenoxy) is 1. The highest BCUT2D eigenvalue weighted by molar-refractivity contribution is 9.10. The van der Waals surface area contributed by atoms with Gasteiger partial charge >= 0.3 is 0 Å². The van der Waals surface area contributed by atoms with Gasteiger partial charge in [-0.25, -0.2) is 0 Å². The Morgan fingerprint density at radius 2 is 1.95 bits per heavy atom. The Hall–Kier alpha value is -0.740. The third kappa shape index (κ3) is 3.67. The zero-order chi connectivity index (χ0) is 14.7. The third-order valence-corrected chi connectivity index (χ3v) is 4.50. The standard InChI is InChI=1S/C15H14BrCl2NO/c1-20-15-5-3-11(17)6-10(15)8-14(19)9-2-4-13(18)12(16)7-9/h2-7,14H,8,19H2,1H3. The summed E-state index contributed by atoms with van der Waals surface area (Å²) in [5.41, 5.74) is 8.24. The molecule has 5 heteroatoms. The van der Waals surface area contributed by atoms with Crippen molar-refractivity contribution in [3.05, 3.63) is 62.0 Å². The number of nitrogens with two attached hydrogens (primary N) is 1. The van der Waals surface area contributed by atoms with Crippen LogP contribution in [-0.2, 0) is 6.42 Å². The van der Waals surface area contributed by atoms with Crippen molar-refractivity contribution in [2.45, 2.75) is 12.5 Å². The predicted molar refractivity (Wildman–Crippen MR) is 87.8 cm³/mol. The molecule has 0 saturated heterocycles. The van der Waals surface area contributed by atoms with E-state index in [2.05, 4.69) is 15.9 Å². The molecule has 20 heavy (non-hydrogen) atoms. The molecule has 0 spiro atoms. The highest BCUT2D eigenvalue weighted by atomic mass is 79.9. The van der Waals surface area contributed by atoms with E-state index in [1.807, 2.05) is 30.3 Å². The fourth-order valence-corrected chi connectivity index (χ4v) is 2.71. The summed E-state index contributed by atoms with van der Waals surface area (Å²) in [5, 5.41) is 1.34. The molecule has 1 atom stereocenters. The van der Waals surface area contributed by atoms with Crippen LogP contribution >= 0.6 is 39.1 Å². The Labute approximate surface area is 137 Å². The van der Waals surface area contributed by atoms with E-state index in [-0.39, 0.29) is 6.04 Å². The molecule has 2 nitrogen and oxygen atoms in total. The van der Waals surface area contributed by atoms with Crippen LogP contribution in [0.4, 0.5) is 0 Å². The second kappa shape index (κ2) is 6.81. The fourth-order valence-electron chi connectivity index (χ4n) is 2.00. The van der Waals surface area contributed by atoms with E-state index >= 15 is 0 Å². The topological polar surface area (TPSA) is 35.2 Å². The van der Waals surface area contributed by atoms with Crippen molar-refractivity contribution < 1.29 is 4.74 Å². The van der Waals surface area contributed by atoms with E-state index in [4.69, 9.17) is 33.7 Å². The van der Waals surface area contributed by atoms with Crippen LogP contribution in [0.5, 0.6) is 5.75 Å². The van der Waals surface area contributed by atoms with Crippen molar-refractivity contribution in [1.82, 2.24) is 0 Å². The van der Waals surface area contributed by atoms with E-state index in [0.29, 0.717) is 16.5 Å². The van der Waals surface area contributed by atoms with Crippen molar-refractivity contribution in [2.24, 2.45) is 5.73 Å². The van der Waals surface area contributed by atoms with Crippen LogP contribution in [0.1, 0.15) is 17.2 Å². The predicted octanol–water partition coefficient (Wildman–Crippen LogP) is 5.01. The first-order valence-electron chi connectivity index (χ1n) is 6.04. The number of benzene rings is 2. The molecule has 0 saturated carbocycles. The molecule has 2 aromatic rings. The van der Waals surface area contributed by atoms with Gasteiger partial charge in [-0.3, -0.25) is 0 Å². The molecule has 2 aromatic carbocycles. The van der Waals surface area contributed by atoms with E-state index in [1.165, 1.54) is 0 Å². The van der Waals surface area contributed by atoms with Crippen molar-refractivity contribution in [3.8, 4) is 5.75 Å². The maximum atomic E-state index is 6.26.